The predicted molar refractivity (Wildman–Crippen MR) is 58.4 cm³/mol. The third kappa shape index (κ3) is 1.94. The highest BCUT2D eigenvalue weighted by molar-refractivity contribution is 5.77. The molecular formula is C12H18F2N2O. The first-order valence-electron chi connectivity index (χ1n) is 6.38. The van der Waals surface area contributed by atoms with E-state index < -0.39 is 11.8 Å². The van der Waals surface area contributed by atoms with Crippen molar-refractivity contribution in [2.75, 3.05) is 13.1 Å². The molecule has 0 spiro atoms. The lowest BCUT2D eigenvalue weighted by atomic mass is 9.93. The van der Waals surface area contributed by atoms with Crippen molar-refractivity contribution in [1.82, 2.24) is 4.90 Å². The second kappa shape index (κ2) is 3.64. The zero-order valence-corrected chi connectivity index (χ0v) is 9.74. The van der Waals surface area contributed by atoms with Gasteiger partial charge in [0.1, 0.15) is 0 Å². The van der Waals surface area contributed by atoms with Crippen molar-refractivity contribution >= 4 is 5.91 Å². The predicted octanol–water partition coefficient (Wildman–Crippen LogP) is 1.23. The van der Waals surface area contributed by atoms with E-state index in [0.29, 0.717) is 24.9 Å². The summed E-state index contributed by atoms with van der Waals surface area (Å²) in [6.45, 7) is 1.35. The molecule has 3 aliphatic rings. The number of likely N-dealkylation sites (tertiary alicyclic amines) is 1. The number of rotatable bonds is 2. The summed E-state index contributed by atoms with van der Waals surface area (Å²) in [6.07, 6.45) is 2.06. The minimum absolute atomic E-state index is 0.0156. The van der Waals surface area contributed by atoms with Crippen molar-refractivity contribution in [3.63, 3.8) is 0 Å². The molecular weight excluding hydrogens is 226 g/mol. The fraction of sp³-hybridized carbons (Fsp3) is 0.917. The monoisotopic (exact) mass is 244 g/mol. The first-order chi connectivity index (χ1) is 7.97. The molecule has 2 N–H and O–H groups in total. The van der Waals surface area contributed by atoms with Gasteiger partial charge >= 0.3 is 0 Å². The van der Waals surface area contributed by atoms with Crippen LogP contribution >= 0.6 is 0 Å². The van der Waals surface area contributed by atoms with E-state index in [0.717, 1.165) is 12.8 Å². The maximum Gasteiger partial charge on any atom is 0.252 e. The summed E-state index contributed by atoms with van der Waals surface area (Å²) in [4.78, 5) is 13.7. The van der Waals surface area contributed by atoms with Crippen LogP contribution in [-0.4, -0.2) is 35.9 Å². The number of amides is 1. The van der Waals surface area contributed by atoms with Crippen LogP contribution in [0, 0.1) is 17.8 Å². The van der Waals surface area contributed by atoms with Gasteiger partial charge in [-0.2, -0.15) is 0 Å². The molecule has 96 valence electrons. The Hall–Kier alpha value is -0.710. The lowest BCUT2D eigenvalue weighted by molar-refractivity contribution is -0.134. The fourth-order valence-electron chi connectivity index (χ4n) is 3.30. The van der Waals surface area contributed by atoms with E-state index in [9.17, 15) is 13.6 Å². The number of alkyl halides is 2. The van der Waals surface area contributed by atoms with Crippen molar-refractivity contribution < 1.29 is 13.6 Å². The first kappa shape index (κ1) is 11.4. The van der Waals surface area contributed by atoms with Gasteiger partial charge in [0.15, 0.2) is 0 Å². The lowest BCUT2D eigenvalue weighted by Gasteiger charge is -2.36. The van der Waals surface area contributed by atoms with E-state index in [-0.39, 0.29) is 24.8 Å². The average molecular weight is 244 g/mol. The van der Waals surface area contributed by atoms with Crippen LogP contribution < -0.4 is 5.73 Å². The van der Waals surface area contributed by atoms with Crippen LogP contribution in [0.5, 0.6) is 0 Å². The standard InChI is InChI=1S/C12H18F2N2O/c13-12(14)4-9(12)3-10(17)16-5-7-1-2-8(6-16)11(7)15/h7-9,11H,1-6,15H2/t7-,8+,9-,11?/m0/s1. The highest BCUT2D eigenvalue weighted by Gasteiger charge is 2.57. The van der Waals surface area contributed by atoms with Crippen LogP contribution in [0.3, 0.4) is 0 Å². The van der Waals surface area contributed by atoms with Crippen LogP contribution in [0.25, 0.3) is 0 Å². The van der Waals surface area contributed by atoms with Gasteiger partial charge in [0.05, 0.1) is 0 Å². The van der Waals surface area contributed by atoms with E-state index in [2.05, 4.69) is 0 Å². The molecule has 3 fully saturated rings. The molecule has 1 saturated heterocycles. The molecule has 5 heteroatoms. The third-order valence-corrected chi connectivity index (χ3v) is 4.64. The SMILES string of the molecule is NC1[C@@H]2CC[C@H]1CN(C(=O)C[C@H]1CC1(F)F)C2. The Labute approximate surface area is 99.3 Å². The molecule has 0 aromatic heterocycles. The number of hydrogen-bond acceptors (Lipinski definition) is 2. The number of carbonyl (C=O) groups excluding carboxylic acids is 1. The summed E-state index contributed by atoms with van der Waals surface area (Å²) in [7, 11) is 0. The Bertz CT molecular complexity index is 333. The summed E-state index contributed by atoms with van der Waals surface area (Å²) < 4.78 is 25.5. The number of piperidine rings is 1. The van der Waals surface area contributed by atoms with E-state index in [4.69, 9.17) is 5.73 Å². The van der Waals surface area contributed by atoms with Crippen molar-refractivity contribution in [3.8, 4) is 0 Å². The number of nitrogens with zero attached hydrogens (tertiary/aromatic N) is 1. The van der Waals surface area contributed by atoms with Crippen molar-refractivity contribution in [1.29, 1.82) is 0 Å². The zero-order chi connectivity index (χ0) is 12.2. The molecule has 2 aliphatic carbocycles. The Morgan fingerprint density at radius 2 is 1.82 bits per heavy atom. The maximum atomic E-state index is 12.8. The van der Waals surface area contributed by atoms with Crippen LogP contribution in [0.2, 0.25) is 0 Å². The van der Waals surface area contributed by atoms with Crippen LogP contribution in [0.4, 0.5) is 8.78 Å². The van der Waals surface area contributed by atoms with E-state index >= 15 is 0 Å². The number of halogens is 2. The molecule has 1 aliphatic heterocycles. The molecule has 3 nitrogen and oxygen atoms in total. The molecule has 2 saturated carbocycles. The van der Waals surface area contributed by atoms with Gasteiger partial charge in [-0.05, 0) is 24.7 Å². The largest absolute Gasteiger partial charge is 0.342 e. The fourth-order valence-corrected chi connectivity index (χ4v) is 3.30. The topological polar surface area (TPSA) is 46.3 Å². The van der Waals surface area contributed by atoms with Gasteiger partial charge in [-0.1, -0.05) is 0 Å². The molecule has 17 heavy (non-hydrogen) atoms. The summed E-state index contributed by atoms with van der Waals surface area (Å²) in [6, 6.07) is 0.210. The number of hydrogen-bond donors (Lipinski definition) is 1. The van der Waals surface area contributed by atoms with E-state index in [1.165, 1.54) is 0 Å². The summed E-state index contributed by atoms with van der Waals surface area (Å²) in [5.74, 6) is -2.62. The van der Waals surface area contributed by atoms with Crippen molar-refractivity contribution in [2.24, 2.45) is 23.5 Å². The van der Waals surface area contributed by atoms with Gasteiger partial charge in [0.25, 0.3) is 5.92 Å². The minimum Gasteiger partial charge on any atom is -0.342 e. The number of nitrogens with two attached hydrogens (primary N) is 1. The minimum atomic E-state index is -2.58. The summed E-state index contributed by atoms with van der Waals surface area (Å²) in [5.41, 5.74) is 6.05. The van der Waals surface area contributed by atoms with Gasteiger partial charge in [-0.3, -0.25) is 4.79 Å². The Balaban J connectivity index is 1.57. The van der Waals surface area contributed by atoms with Crippen molar-refractivity contribution in [3.05, 3.63) is 0 Å². The Morgan fingerprint density at radius 1 is 1.29 bits per heavy atom. The molecule has 3 rings (SSSR count). The lowest BCUT2D eigenvalue weighted by Crippen LogP contribution is -2.50. The second-order valence-electron chi connectivity index (χ2n) is 5.84. The summed E-state index contributed by atoms with van der Waals surface area (Å²) in [5, 5.41) is 0. The maximum absolute atomic E-state index is 12.8. The van der Waals surface area contributed by atoms with Crippen LogP contribution in [0.1, 0.15) is 25.7 Å². The highest BCUT2D eigenvalue weighted by atomic mass is 19.3. The molecule has 0 radical (unpaired) electrons. The van der Waals surface area contributed by atoms with Gasteiger partial charge in [-0.25, -0.2) is 8.78 Å². The number of fused-ring (bicyclic) bond motifs is 2. The molecule has 1 unspecified atom stereocenters. The van der Waals surface area contributed by atoms with Gasteiger partial charge in [0, 0.05) is 37.9 Å². The third-order valence-electron chi connectivity index (χ3n) is 4.64. The quantitative estimate of drug-likeness (QED) is 0.794. The van der Waals surface area contributed by atoms with Gasteiger partial charge in [0.2, 0.25) is 5.91 Å². The number of carbonyl (C=O) groups is 1. The van der Waals surface area contributed by atoms with Crippen LogP contribution in [-0.2, 0) is 4.79 Å². The molecule has 1 heterocycles. The Morgan fingerprint density at radius 3 is 2.29 bits per heavy atom. The molecule has 4 atom stereocenters. The molecule has 1 amide bonds. The van der Waals surface area contributed by atoms with E-state index in [1.807, 2.05) is 0 Å². The van der Waals surface area contributed by atoms with Crippen LogP contribution in [0.15, 0.2) is 0 Å². The highest BCUT2D eigenvalue weighted by Crippen LogP contribution is 2.51. The first-order valence-corrected chi connectivity index (χ1v) is 6.38. The Kier molecular flexibility index (Phi) is 2.44. The van der Waals surface area contributed by atoms with Crippen molar-refractivity contribution in [2.45, 2.75) is 37.6 Å². The summed E-state index contributed by atoms with van der Waals surface area (Å²) >= 11 is 0. The van der Waals surface area contributed by atoms with Gasteiger partial charge < -0.3 is 10.6 Å². The normalized spacial score (nSPS) is 42.6. The molecule has 0 aromatic rings. The smallest absolute Gasteiger partial charge is 0.252 e. The average Bonchev–Trinajstić information content (AvgIpc) is 2.82. The zero-order valence-electron chi connectivity index (χ0n) is 9.74. The molecule has 2 bridgehead atoms. The second-order valence-corrected chi connectivity index (χ2v) is 5.84. The van der Waals surface area contributed by atoms with Gasteiger partial charge in [-0.15, -0.1) is 0 Å². The van der Waals surface area contributed by atoms with E-state index in [1.54, 1.807) is 4.90 Å². The molecule has 0 aromatic carbocycles.